The number of hydrogen-bond donors (Lipinski definition) is 2. The number of anilines is 2. The van der Waals surface area contributed by atoms with E-state index >= 15 is 0 Å². The standard InChI is InChI=1S/C15H26N6O3/c1-24-11-5-6-16-14-13(21(22)23)15(19-12-18-14)17-7-10-20-8-3-2-4-9-20/h12H,2-11H2,1H3,(H2,16,17,18,19). The Kier molecular flexibility index (Phi) is 7.63. The van der Waals surface area contributed by atoms with Crippen molar-refractivity contribution >= 4 is 17.3 Å². The molecule has 0 aromatic carbocycles. The average molecular weight is 338 g/mol. The number of likely N-dealkylation sites (tertiary alicyclic amines) is 1. The molecule has 0 spiro atoms. The second-order valence-corrected chi connectivity index (χ2v) is 5.78. The van der Waals surface area contributed by atoms with Gasteiger partial charge in [0, 0.05) is 33.4 Å². The first-order valence-electron chi connectivity index (χ1n) is 8.41. The fraction of sp³-hybridized carbons (Fsp3) is 0.733. The van der Waals surface area contributed by atoms with E-state index in [1.807, 2.05) is 0 Å². The first-order valence-corrected chi connectivity index (χ1v) is 8.41. The lowest BCUT2D eigenvalue weighted by Gasteiger charge is -2.26. The van der Waals surface area contributed by atoms with Gasteiger partial charge in [0.15, 0.2) is 0 Å². The van der Waals surface area contributed by atoms with E-state index < -0.39 is 4.92 Å². The Morgan fingerprint density at radius 1 is 1.21 bits per heavy atom. The third-order valence-electron chi connectivity index (χ3n) is 3.99. The van der Waals surface area contributed by atoms with Crippen molar-refractivity contribution in [3.8, 4) is 0 Å². The minimum Gasteiger partial charge on any atom is -0.385 e. The minimum atomic E-state index is -0.443. The zero-order valence-corrected chi connectivity index (χ0v) is 14.2. The monoisotopic (exact) mass is 338 g/mol. The Labute approximate surface area is 142 Å². The van der Waals surface area contributed by atoms with Gasteiger partial charge in [-0.25, -0.2) is 9.97 Å². The molecule has 0 atom stereocenters. The maximum absolute atomic E-state index is 11.4. The van der Waals surface area contributed by atoms with E-state index in [9.17, 15) is 10.1 Å². The molecular formula is C15H26N6O3. The third-order valence-corrected chi connectivity index (χ3v) is 3.99. The van der Waals surface area contributed by atoms with Crippen LogP contribution in [0, 0.1) is 10.1 Å². The smallest absolute Gasteiger partial charge is 0.353 e. The molecule has 0 unspecified atom stereocenters. The van der Waals surface area contributed by atoms with Crippen LogP contribution in [-0.4, -0.2) is 66.2 Å². The van der Waals surface area contributed by atoms with Gasteiger partial charge >= 0.3 is 5.69 Å². The number of ether oxygens (including phenoxy) is 1. The maximum atomic E-state index is 11.4. The van der Waals surface area contributed by atoms with Crippen LogP contribution in [0.25, 0.3) is 0 Å². The third kappa shape index (κ3) is 5.57. The van der Waals surface area contributed by atoms with Crippen molar-refractivity contribution in [3.05, 3.63) is 16.4 Å². The number of methoxy groups -OCH3 is 1. The highest BCUT2D eigenvalue weighted by atomic mass is 16.6. The fourth-order valence-corrected chi connectivity index (χ4v) is 2.75. The van der Waals surface area contributed by atoms with Crippen molar-refractivity contribution in [3.63, 3.8) is 0 Å². The summed E-state index contributed by atoms with van der Waals surface area (Å²) in [5, 5.41) is 17.5. The number of nitro groups is 1. The molecule has 0 saturated carbocycles. The molecule has 1 saturated heterocycles. The van der Waals surface area contributed by atoms with Crippen molar-refractivity contribution < 1.29 is 9.66 Å². The summed E-state index contributed by atoms with van der Waals surface area (Å²) in [7, 11) is 1.62. The van der Waals surface area contributed by atoms with Gasteiger partial charge in [0.25, 0.3) is 0 Å². The zero-order chi connectivity index (χ0) is 17.2. The molecule has 9 heteroatoms. The van der Waals surface area contributed by atoms with Crippen LogP contribution in [0.1, 0.15) is 25.7 Å². The Hall–Kier alpha value is -2.00. The van der Waals surface area contributed by atoms with Crippen LogP contribution < -0.4 is 10.6 Å². The lowest BCUT2D eigenvalue weighted by Crippen LogP contribution is -2.33. The molecule has 2 heterocycles. The number of piperidine rings is 1. The van der Waals surface area contributed by atoms with Crippen LogP contribution in [0.4, 0.5) is 17.3 Å². The Morgan fingerprint density at radius 2 is 1.88 bits per heavy atom. The van der Waals surface area contributed by atoms with Gasteiger partial charge in [-0.3, -0.25) is 10.1 Å². The molecule has 1 aliphatic rings. The second-order valence-electron chi connectivity index (χ2n) is 5.78. The van der Waals surface area contributed by atoms with Crippen LogP contribution in [0.15, 0.2) is 6.33 Å². The summed E-state index contributed by atoms with van der Waals surface area (Å²) >= 11 is 0. The first-order chi connectivity index (χ1) is 11.7. The Balaban J connectivity index is 1.93. The van der Waals surface area contributed by atoms with E-state index in [0.29, 0.717) is 19.7 Å². The molecule has 1 fully saturated rings. The zero-order valence-electron chi connectivity index (χ0n) is 14.2. The predicted octanol–water partition coefficient (Wildman–Crippen LogP) is 1.73. The highest BCUT2D eigenvalue weighted by molar-refractivity contribution is 5.69. The number of nitrogens with one attached hydrogen (secondary N) is 2. The molecule has 0 radical (unpaired) electrons. The highest BCUT2D eigenvalue weighted by Crippen LogP contribution is 2.28. The van der Waals surface area contributed by atoms with Crippen molar-refractivity contribution in [1.82, 2.24) is 14.9 Å². The number of nitrogens with zero attached hydrogens (tertiary/aromatic N) is 4. The van der Waals surface area contributed by atoms with Gasteiger partial charge in [-0.1, -0.05) is 6.42 Å². The average Bonchev–Trinajstić information content (AvgIpc) is 2.59. The number of rotatable bonds is 10. The molecule has 0 aliphatic carbocycles. The molecule has 9 nitrogen and oxygen atoms in total. The predicted molar refractivity (Wildman–Crippen MR) is 92.4 cm³/mol. The Bertz CT molecular complexity index is 522. The van der Waals surface area contributed by atoms with Gasteiger partial charge in [0.1, 0.15) is 6.33 Å². The molecule has 1 aromatic rings. The summed E-state index contributed by atoms with van der Waals surface area (Å²) in [4.78, 5) is 21.4. The minimum absolute atomic E-state index is 0.103. The normalized spacial score (nSPS) is 15.2. The van der Waals surface area contributed by atoms with E-state index in [-0.39, 0.29) is 17.3 Å². The molecule has 1 aliphatic heterocycles. The van der Waals surface area contributed by atoms with Crippen molar-refractivity contribution in [2.24, 2.45) is 0 Å². The van der Waals surface area contributed by atoms with Crippen molar-refractivity contribution in [1.29, 1.82) is 0 Å². The van der Waals surface area contributed by atoms with Gasteiger partial charge in [-0.2, -0.15) is 0 Å². The van der Waals surface area contributed by atoms with E-state index in [2.05, 4.69) is 25.5 Å². The van der Waals surface area contributed by atoms with E-state index in [0.717, 1.165) is 26.1 Å². The molecule has 0 amide bonds. The first kappa shape index (κ1) is 18.3. The maximum Gasteiger partial charge on any atom is 0.353 e. The molecular weight excluding hydrogens is 312 g/mol. The molecule has 134 valence electrons. The molecule has 1 aromatic heterocycles. The van der Waals surface area contributed by atoms with Crippen molar-refractivity contribution in [2.45, 2.75) is 25.7 Å². The molecule has 2 N–H and O–H groups in total. The largest absolute Gasteiger partial charge is 0.385 e. The second kappa shape index (κ2) is 9.99. The van der Waals surface area contributed by atoms with Crippen LogP contribution in [-0.2, 0) is 4.74 Å². The Morgan fingerprint density at radius 3 is 2.50 bits per heavy atom. The quantitative estimate of drug-likeness (QED) is 0.377. The SMILES string of the molecule is COCCCNc1ncnc(NCCN2CCCCC2)c1[N+](=O)[O-]. The van der Waals surface area contributed by atoms with Gasteiger partial charge in [-0.15, -0.1) is 0 Å². The van der Waals surface area contributed by atoms with Gasteiger partial charge in [0.05, 0.1) is 4.92 Å². The lowest BCUT2D eigenvalue weighted by atomic mass is 10.1. The van der Waals surface area contributed by atoms with Crippen LogP contribution >= 0.6 is 0 Å². The van der Waals surface area contributed by atoms with Crippen LogP contribution in [0.3, 0.4) is 0 Å². The fourth-order valence-electron chi connectivity index (χ4n) is 2.75. The summed E-state index contributed by atoms with van der Waals surface area (Å²) in [5.41, 5.74) is -0.103. The topological polar surface area (TPSA) is 105 Å². The van der Waals surface area contributed by atoms with Gasteiger partial charge in [0.2, 0.25) is 11.6 Å². The lowest BCUT2D eigenvalue weighted by molar-refractivity contribution is -0.383. The van der Waals surface area contributed by atoms with E-state index in [1.165, 1.54) is 25.6 Å². The molecule has 0 bridgehead atoms. The van der Waals surface area contributed by atoms with Gasteiger partial charge in [-0.05, 0) is 32.4 Å². The summed E-state index contributed by atoms with van der Waals surface area (Å²) in [5.74, 6) is 0.507. The number of aromatic nitrogens is 2. The number of hydrogen-bond acceptors (Lipinski definition) is 8. The molecule has 2 rings (SSSR count). The summed E-state index contributed by atoms with van der Waals surface area (Å²) in [6, 6.07) is 0. The van der Waals surface area contributed by atoms with Gasteiger partial charge < -0.3 is 20.3 Å². The molecule has 24 heavy (non-hydrogen) atoms. The highest BCUT2D eigenvalue weighted by Gasteiger charge is 2.22. The van der Waals surface area contributed by atoms with E-state index in [1.54, 1.807) is 7.11 Å². The summed E-state index contributed by atoms with van der Waals surface area (Å²) < 4.78 is 4.97. The van der Waals surface area contributed by atoms with E-state index in [4.69, 9.17) is 4.74 Å². The van der Waals surface area contributed by atoms with Crippen LogP contribution in [0.2, 0.25) is 0 Å². The summed E-state index contributed by atoms with van der Waals surface area (Å²) in [6.45, 7) is 4.82. The summed E-state index contributed by atoms with van der Waals surface area (Å²) in [6.07, 6.45) is 5.83. The van der Waals surface area contributed by atoms with Crippen LogP contribution in [0.5, 0.6) is 0 Å². The van der Waals surface area contributed by atoms with Crippen molar-refractivity contribution in [2.75, 3.05) is 57.1 Å².